The number of benzene rings is 1. The number of nitrogens with one attached hydrogen (secondary N) is 1. The van der Waals surface area contributed by atoms with Crippen molar-refractivity contribution in [2.24, 2.45) is 5.92 Å². The summed E-state index contributed by atoms with van der Waals surface area (Å²) in [6, 6.07) is 10.7. The molecule has 20 heavy (non-hydrogen) atoms. The lowest BCUT2D eigenvalue weighted by atomic mass is 10.1. The van der Waals surface area contributed by atoms with Gasteiger partial charge in [-0.2, -0.15) is 0 Å². The molecule has 1 heterocycles. The summed E-state index contributed by atoms with van der Waals surface area (Å²) in [7, 11) is 0. The summed E-state index contributed by atoms with van der Waals surface area (Å²) in [6.07, 6.45) is 2.76. The average molecular weight is 270 g/mol. The highest BCUT2D eigenvalue weighted by molar-refractivity contribution is 5.33. The van der Waals surface area contributed by atoms with E-state index >= 15 is 0 Å². The van der Waals surface area contributed by atoms with Crippen molar-refractivity contribution in [3.63, 3.8) is 0 Å². The fraction of sp³-hybridized carbons (Fsp3) is 0.471. The summed E-state index contributed by atoms with van der Waals surface area (Å²) in [6.45, 7) is 6.24. The van der Waals surface area contributed by atoms with Crippen LogP contribution in [0.3, 0.4) is 0 Å². The van der Waals surface area contributed by atoms with Gasteiger partial charge in [-0.25, -0.2) is 4.98 Å². The molecule has 0 amide bonds. The van der Waals surface area contributed by atoms with Crippen LogP contribution < -0.4 is 5.32 Å². The standard InChI is InChI=1S/C17H22N2O/c1-12(2)9-18-10-16-17(20-11-19-16)15-8-14(15)13-6-4-3-5-7-13/h3-7,11-12,14-15,18H,8-10H2,1-2H3. The molecule has 3 nitrogen and oxygen atoms in total. The van der Waals surface area contributed by atoms with E-state index in [4.69, 9.17) is 4.42 Å². The maximum atomic E-state index is 5.65. The van der Waals surface area contributed by atoms with Crippen LogP contribution in [-0.2, 0) is 6.54 Å². The van der Waals surface area contributed by atoms with Gasteiger partial charge in [0.25, 0.3) is 0 Å². The second-order valence-corrected chi connectivity index (χ2v) is 6.05. The van der Waals surface area contributed by atoms with Crippen molar-refractivity contribution < 1.29 is 4.42 Å². The van der Waals surface area contributed by atoms with Crippen LogP contribution in [0.25, 0.3) is 0 Å². The van der Waals surface area contributed by atoms with Crippen LogP contribution in [0, 0.1) is 5.92 Å². The third-order valence-corrected chi connectivity index (χ3v) is 3.87. The lowest BCUT2D eigenvalue weighted by Crippen LogP contribution is -2.19. The van der Waals surface area contributed by atoms with Gasteiger partial charge in [0.15, 0.2) is 6.39 Å². The lowest BCUT2D eigenvalue weighted by Gasteiger charge is -2.06. The molecule has 1 aromatic carbocycles. The first-order chi connectivity index (χ1) is 9.75. The van der Waals surface area contributed by atoms with E-state index < -0.39 is 0 Å². The molecule has 1 fully saturated rings. The van der Waals surface area contributed by atoms with E-state index in [9.17, 15) is 0 Å². The fourth-order valence-electron chi connectivity index (χ4n) is 2.75. The molecule has 0 spiro atoms. The Bertz CT molecular complexity index is 547. The second-order valence-electron chi connectivity index (χ2n) is 6.05. The number of aromatic nitrogens is 1. The molecule has 2 aromatic rings. The normalized spacial score (nSPS) is 21.4. The number of oxazole rings is 1. The zero-order chi connectivity index (χ0) is 13.9. The number of hydrogen-bond donors (Lipinski definition) is 1. The van der Waals surface area contributed by atoms with E-state index in [1.54, 1.807) is 6.39 Å². The SMILES string of the molecule is CC(C)CNCc1ncoc1C1CC1c1ccccc1. The van der Waals surface area contributed by atoms with Crippen molar-refractivity contribution in [1.82, 2.24) is 10.3 Å². The van der Waals surface area contributed by atoms with Gasteiger partial charge in [0.05, 0.1) is 5.69 Å². The Hall–Kier alpha value is -1.61. The van der Waals surface area contributed by atoms with Crippen molar-refractivity contribution in [2.45, 2.75) is 38.6 Å². The topological polar surface area (TPSA) is 38.1 Å². The molecular formula is C17H22N2O. The molecule has 3 heteroatoms. The first-order valence-corrected chi connectivity index (χ1v) is 7.43. The van der Waals surface area contributed by atoms with Gasteiger partial charge in [0.2, 0.25) is 0 Å². The van der Waals surface area contributed by atoms with Gasteiger partial charge in [0.1, 0.15) is 5.76 Å². The monoisotopic (exact) mass is 270 g/mol. The van der Waals surface area contributed by atoms with E-state index in [-0.39, 0.29) is 0 Å². The highest BCUT2D eigenvalue weighted by Gasteiger charge is 2.43. The zero-order valence-electron chi connectivity index (χ0n) is 12.2. The number of rotatable bonds is 6. The van der Waals surface area contributed by atoms with Gasteiger partial charge in [-0.1, -0.05) is 44.2 Å². The van der Waals surface area contributed by atoms with Crippen LogP contribution in [0.2, 0.25) is 0 Å². The highest BCUT2D eigenvalue weighted by atomic mass is 16.3. The summed E-state index contributed by atoms with van der Waals surface area (Å²) >= 11 is 0. The van der Waals surface area contributed by atoms with E-state index in [0.29, 0.717) is 17.8 Å². The Morgan fingerprint density at radius 2 is 2.05 bits per heavy atom. The smallest absolute Gasteiger partial charge is 0.181 e. The molecule has 1 aliphatic carbocycles. The average Bonchev–Trinajstić information content (AvgIpc) is 3.11. The molecule has 1 saturated carbocycles. The van der Waals surface area contributed by atoms with E-state index in [1.165, 1.54) is 12.0 Å². The van der Waals surface area contributed by atoms with Crippen molar-refractivity contribution in [1.29, 1.82) is 0 Å². The highest BCUT2D eigenvalue weighted by Crippen LogP contribution is 2.55. The van der Waals surface area contributed by atoms with Crippen molar-refractivity contribution >= 4 is 0 Å². The minimum absolute atomic E-state index is 0.510. The van der Waals surface area contributed by atoms with Gasteiger partial charge in [-0.3, -0.25) is 0 Å². The van der Waals surface area contributed by atoms with Crippen LogP contribution in [0.5, 0.6) is 0 Å². The maximum Gasteiger partial charge on any atom is 0.181 e. The molecule has 1 N–H and O–H groups in total. The largest absolute Gasteiger partial charge is 0.448 e. The van der Waals surface area contributed by atoms with Crippen LogP contribution >= 0.6 is 0 Å². The zero-order valence-corrected chi connectivity index (χ0v) is 12.2. The molecule has 2 atom stereocenters. The molecule has 1 aliphatic rings. The first-order valence-electron chi connectivity index (χ1n) is 7.43. The third kappa shape index (κ3) is 2.93. The van der Waals surface area contributed by atoms with Gasteiger partial charge < -0.3 is 9.73 Å². The van der Waals surface area contributed by atoms with Crippen LogP contribution in [0.1, 0.15) is 49.1 Å². The van der Waals surface area contributed by atoms with Crippen LogP contribution in [0.15, 0.2) is 41.1 Å². The predicted octanol–water partition coefficient (Wildman–Crippen LogP) is 3.69. The van der Waals surface area contributed by atoms with E-state index in [1.807, 2.05) is 0 Å². The molecule has 106 valence electrons. The van der Waals surface area contributed by atoms with Gasteiger partial charge in [-0.15, -0.1) is 0 Å². The molecule has 1 aromatic heterocycles. The van der Waals surface area contributed by atoms with Crippen molar-refractivity contribution in [3.05, 3.63) is 53.7 Å². The van der Waals surface area contributed by atoms with Gasteiger partial charge in [-0.05, 0) is 30.4 Å². The van der Waals surface area contributed by atoms with Crippen molar-refractivity contribution in [3.8, 4) is 0 Å². The fourth-order valence-corrected chi connectivity index (χ4v) is 2.75. The first kappa shape index (κ1) is 13.4. The molecule has 0 saturated heterocycles. The lowest BCUT2D eigenvalue weighted by molar-refractivity contribution is 0.494. The maximum absolute atomic E-state index is 5.65. The summed E-state index contributed by atoms with van der Waals surface area (Å²) in [5.41, 5.74) is 2.49. The quantitative estimate of drug-likeness (QED) is 0.870. The Morgan fingerprint density at radius 1 is 1.25 bits per heavy atom. The summed E-state index contributed by atoms with van der Waals surface area (Å²) < 4.78 is 5.65. The summed E-state index contributed by atoms with van der Waals surface area (Å²) in [5, 5.41) is 3.44. The number of hydrogen-bond acceptors (Lipinski definition) is 3. The summed E-state index contributed by atoms with van der Waals surface area (Å²) in [4.78, 5) is 4.37. The van der Waals surface area contributed by atoms with Gasteiger partial charge in [0, 0.05) is 12.5 Å². The predicted molar refractivity (Wildman–Crippen MR) is 79.6 cm³/mol. The minimum atomic E-state index is 0.510. The Kier molecular flexibility index (Phi) is 3.88. The molecular weight excluding hydrogens is 248 g/mol. The van der Waals surface area contributed by atoms with E-state index in [2.05, 4.69) is 54.5 Å². The summed E-state index contributed by atoms with van der Waals surface area (Å²) in [5.74, 6) is 2.85. The Morgan fingerprint density at radius 3 is 2.80 bits per heavy atom. The molecule has 0 aliphatic heterocycles. The molecule has 0 bridgehead atoms. The van der Waals surface area contributed by atoms with Crippen LogP contribution in [-0.4, -0.2) is 11.5 Å². The molecule has 0 radical (unpaired) electrons. The molecule has 2 unspecified atom stereocenters. The second kappa shape index (κ2) is 5.80. The Balaban J connectivity index is 1.63. The third-order valence-electron chi connectivity index (χ3n) is 3.87. The minimum Gasteiger partial charge on any atom is -0.448 e. The Labute approximate surface area is 120 Å². The molecule has 3 rings (SSSR count). The van der Waals surface area contributed by atoms with E-state index in [0.717, 1.165) is 24.5 Å². The number of nitrogens with zero attached hydrogens (tertiary/aromatic N) is 1. The van der Waals surface area contributed by atoms with Gasteiger partial charge >= 0.3 is 0 Å². The van der Waals surface area contributed by atoms with Crippen LogP contribution in [0.4, 0.5) is 0 Å². The van der Waals surface area contributed by atoms with Crippen molar-refractivity contribution in [2.75, 3.05) is 6.54 Å².